The van der Waals surface area contributed by atoms with Crippen molar-refractivity contribution in [3.8, 4) is 0 Å². The van der Waals surface area contributed by atoms with Crippen LogP contribution in [0, 0.1) is 13.8 Å². The molecule has 0 heterocycles. The first kappa shape index (κ1) is 16.2. The second-order valence-corrected chi connectivity index (χ2v) is 5.89. The lowest BCUT2D eigenvalue weighted by Crippen LogP contribution is -2.35. The zero-order chi connectivity index (χ0) is 15.3. The third kappa shape index (κ3) is 4.68. The first-order valence-corrected chi connectivity index (χ1v) is 6.74. The molecule has 1 amide bonds. The lowest BCUT2D eigenvalue weighted by atomic mass is 9.96. The zero-order valence-corrected chi connectivity index (χ0v) is 12.8. The van der Waals surface area contributed by atoms with Crippen molar-refractivity contribution in [2.75, 3.05) is 0 Å². The number of benzene rings is 1. The summed E-state index contributed by atoms with van der Waals surface area (Å²) in [6, 6.07) is 5.49. The molecule has 1 rings (SSSR count). The van der Waals surface area contributed by atoms with Crippen molar-refractivity contribution in [3.63, 3.8) is 0 Å². The molecule has 0 aromatic heterocycles. The highest BCUT2D eigenvalue weighted by Crippen LogP contribution is 2.23. The minimum absolute atomic E-state index is 0.226. The van der Waals surface area contributed by atoms with Gasteiger partial charge in [-0.3, -0.25) is 0 Å². The molecule has 0 saturated heterocycles. The monoisotopic (exact) mass is 277 g/mol. The van der Waals surface area contributed by atoms with E-state index in [1.807, 2.05) is 32.0 Å². The van der Waals surface area contributed by atoms with E-state index in [-0.39, 0.29) is 12.5 Å². The van der Waals surface area contributed by atoms with Crippen LogP contribution in [-0.4, -0.2) is 18.0 Å². The number of aryl methyl sites for hydroxylation is 1. The second kappa shape index (κ2) is 6.55. The summed E-state index contributed by atoms with van der Waals surface area (Å²) in [5.41, 5.74) is 2.60. The van der Waals surface area contributed by atoms with Gasteiger partial charge in [-0.15, -0.1) is 0 Å². The lowest BCUT2D eigenvalue weighted by Gasteiger charge is -2.24. The second-order valence-electron chi connectivity index (χ2n) is 5.89. The van der Waals surface area contributed by atoms with Crippen molar-refractivity contribution in [1.29, 1.82) is 0 Å². The van der Waals surface area contributed by atoms with Gasteiger partial charge in [0.25, 0.3) is 0 Å². The smallest absolute Gasteiger partial charge is 0.408 e. The summed E-state index contributed by atoms with van der Waals surface area (Å²) in [6.45, 7) is 9.40. The first-order chi connectivity index (χ1) is 9.24. The van der Waals surface area contributed by atoms with Gasteiger partial charge in [0.05, 0.1) is 6.04 Å². The van der Waals surface area contributed by atoms with Gasteiger partial charge in [-0.2, -0.15) is 0 Å². The Kier molecular flexibility index (Phi) is 5.31. The fraction of sp³-hybridized carbons (Fsp3) is 0.500. The maximum absolute atomic E-state index is 11.9. The van der Waals surface area contributed by atoms with Crippen molar-refractivity contribution in [3.05, 3.63) is 34.9 Å². The van der Waals surface area contributed by atoms with Crippen molar-refractivity contribution >= 4 is 12.4 Å². The van der Waals surface area contributed by atoms with Crippen molar-refractivity contribution < 1.29 is 14.3 Å². The number of carbonyl (C=O) groups is 2. The third-order valence-electron chi connectivity index (χ3n) is 3.04. The molecule has 0 aliphatic rings. The normalized spacial score (nSPS) is 12.7. The summed E-state index contributed by atoms with van der Waals surface area (Å²) in [5, 5.41) is 2.77. The molecule has 0 saturated carbocycles. The first-order valence-electron chi connectivity index (χ1n) is 6.74. The van der Waals surface area contributed by atoms with Gasteiger partial charge in [0.1, 0.15) is 11.9 Å². The molecular formula is C16H23NO3. The van der Waals surface area contributed by atoms with E-state index in [1.165, 1.54) is 0 Å². The number of hydrogen-bond donors (Lipinski definition) is 1. The van der Waals surface area contributed by atoms with Gasteiger partial charge in [-0.1, -0.05) is 18.2 Å². The number of nitrogens with one attached hydrogen (secondary N) is 1. The predicted octanol–water partition coefficient (Wildman–Crippen LogP) is 3.46. The van der Waals surface area contributed by atoms with E-state index in [1.54, 1.807) is 20.8 Å². The molecule has 1 aromatic rings. The zero-order valence-electron chi connectivity index (χ0n) is 12.8. The number of rotatable bonds is 4. The predicted molar refractivity (Wildman–Crippen MR) is 78.7 cm³/mol. The third-order valence-corrected chi connectivity index (χ3v) is 3.04. The minimum Gasteiger partial charge on any atom is -0.444 e. The fourth-order valence-electron chi connectivity index (χ4n) is 1.96. The van der Waals surface area contributed by atoms with Crippen LogP contribution in [0.2, 0.25) is 0 Å². The van der Waals surface area contributed by atoms with Gasteiger partial charge in [0.2, 0.25) is 0 Å². The van der Waals surface area contributed by atoms with Crippen LogP contribution in [0.4, 0.5) is 4.79 Å². The Morgan fingerprint density at radius 2 is 2.00 bits per heavy atom. The molecule has 0 spiro atoms. The molecule has 1 atom stereocenters. The molecule has 20 heavy (non-hydrogen) atoms. The van der Waals surface area contributed by atoms with Crippen molar-refractivity contribution in [2.24, 2.45) is 0 Å². The van der Waals surface area contributed by atoms with Crippen LogP contribution in [0.25, 0.3) is 0 Å². The van der Waals surface area contributed by atoms with E-state index in [9.17, 15) is 9.59 Å². The molecule has 0 unspecified atom stereocenters. The van der Waals surface area contributed by atoms with E-state index in [2.05, 4.69) is 5.32 Å². The molecule has 4 heteroatoms. The van der Waals surface area contributed by atoms with Crippen LogP contribution in [0.1, 0.15) is 49.9 Å². The van der Waals surface area contributed by atoms with Gasteiger partial charge < -0.3 is 14.8 Å². The number of ether oxygens (including phenoxy) is 1. The molecule has 1 N–H and O–H groups in total. The van der Waals surface area contributed by atoms with Gasteiger partial charge >= 0.3 is 6.09 Å². The summed E-state index contributed by atoms with van der Waals surface area (Å²) in [6.07, 6.45) is 0.526. The summed E-state index contributed by atoms with van der Waals surface area (Å²) >= 11 is 0. The van der Waals surface area contributed by atoms with Crippen LogP contribution in [0.3, 0.4) is 0 Å². The van der Waals surface area contributed by atoms with Gasteiger partial charge in [0, 0.05) is 6.42 Å². The van der Waals surface area contributed by atoms with E-state index in [0.717, 1.165) is 23.0 Å². The average molecular weight is 277 g/mol. The molecule has 0 fully saturated rings. The van der Waals surface area contributed by atoms with Crippen molar-refractivity contribution in [1.82, 2.24) is 5.32 Å². The standard InChI is InChI=1S/C16H23NO3/c1-11-7-6-8-13(12(11)2)14(9-10-18)17-15(19)20-16(3,4)5/h6-8,10,14H,9H2,1-5H3,(H,17,19)/t14-/m0/s1. The molecule has 4 nitrogen and oxygen atoms in total. The van der Waals surface area contributed by atoms with Crippen LogP contribution in [-0.2, 0) is 9.53 Å². The van der Waals surface area contributed by atoms with Crippen LogP contribution in [0.15, 0.2) is 18.2 Å². The van der Waals surface area contributed by atoms with Crippen LogP contribution in [0.5, 0.6) is 0 Å². The highest BCUT2D eigenvalue weighted by molar-refractivity contribution is 5.69. The summed E-state index contributed by atoms with van der Waals surface area (Å²) < 4.78 is 5.24. The highest BCUT2D eigenvalue weighted by atomic mass is 16.6. The van der Waals surface area contributed by atoms with E-state index in [4.69, 9.17) is 4.74 Å². The molecule has 0 bridgehead atoms. The number of aldehydes is 1. The Labute approximate surface area is 120 Å². The number of carbonyl (C=O) groups excluding carboxylic acids is 2. The molecular weight excluding hydrogens is 254 g/mol. The quantitative estimate of drug-likeness (QED) is 0.857. The molecule has 1 aromatic carbocycles. The number of hydrogen-bond acceptors (Lipinski definition) is 3. The van der Waals surface area contributed by atoms with Gasteiger partial charge in [0.15, 0.2) is 0 Å². The lowest BCUT2D eigenvalue weighted by molar-refractivity contribution is -0.108. The largest absolute Gasteiger partial charge is 0.444 e. The molecule has 0 aliphatic heterocycles. The topological polar surface area (TPSA) is 55.4 Å². The Balaban J connectivity index is 2.92. The van der Waals surface area contributed by atoms with Crippen LogP contribution >= 0.6 is 0 Å². The SMILES string of the molecule is Cc1cccc([C@H](CC=O)NC(=O)OC(C)(C)C)c1C. The van der Waals surface area contributed by atoms with Crippen molar-refractivity contribution in [2.45, 2.75) is 52.7 Å². The maximum Gasteiger partial charge on any atom is 0.408 e. The van der Waals surface area contributed by atoms with Gasteiger partial charge in [-0.05, 0) is 51.3 Å². The highest BCUT2D eigenvalue weighted by Gasteiger charge is 2.21. The Morgan fingerprint density at radius 1 is 1.35 bits per heavy atom. The minimum atomic E-state index is -0.558. The summed E-state index contributed by atoms with van der Waals surface area (Å²) in [5.74, 6) is 0. The van der Waals surface area contributed by atoms with E-state index >= 15 is 0 Å². The fourth-order valence-corrected chi connectivity index (χ4v) is 1.96. The summed E-state index contributed by atoms with van der Waals surface area (Å²) in [4.78, 5) is 22.7. The van der Waals surface area contributed by atoms with Crippen LogP contribution < -0.4 is 5.32 Å². The Hall–Kier alpha value is -1.84. The molecule has 110 valence electrons. The van der Waals surface area contributed by atoms with Gasteiger partial charge in [-0.25, -0.2) is 4.79 Å². The maximum atomic E-state index is 11.9. The average Bonchev–Trinajstić information content (AvgIpc) is 2.30. The molecule has 0 radical (unpaired) electrons. The Bertz CT molecular complexity index is 489. The number of alkyl carbamates (subject to hydrolysis) is 1. The van der Waals surface area contributed by atoms with E-state index in [0.29, 0.717) is 0 Å². The Morgan fingerprint density at radius 3 is 2.55 bits per heavy atom. The molecule has 0 aliphatic carbocycles. The van der Waals surface area contributed by atoms with E-state index < -0.39 is 11.7 Å². The summed E-state index contributed by atoms with van der Waals surface area (Å²) in [7, 11) is 0. The number of amides is 1.